The van der Waals surface area contributed by atoms with Gasteiger partial charge in [-0.2, -0.15) is 0 Å². The number of nitrogens with zero attached hydrogens (tertiary/aromatic N) is 2. The molecule has 2 aromatic rings. The number of benzene rings is 1. The summed E-state index contributed by atoms with van der Waals surface area (Å²) in [6.45, 7) is 1.66. The number of anilines is 1. The first-order valence-electron chi connectivity index (χ1n) is 8.56. The quantitative estimate of drug-likeness (QED) is 0.809. The van der Waals surface area contributed by atoms with E-state index in [2.05, 4.69) is 15.2 Å². The smallest absolute Gasteiger partial charge is 0.244 e. The lowest BCUT2D eigenvalue weighted by atomic mass is 10.2. The Morgan fingerprint density at radius 2 is 2.08 bits per heavy atom. The molecule has 1 unspecified atom stereocenters. The molecule has 0 aliphatic carbocycles. The molecule has 1 aromatic heterocycles. The van der Waals surface area contributed by atoms with E-state index in [9.17, 15) is 4.79 Å². The standard InChI is InChI=1S/C20H23N3O3/c1-25-17-8-6-15(13-18(17)26-2)7-9-20(24)22-16-10-12-23(14-16)19-5-3-4-11-21-19/h3-9,11,13,16H,10,12,14H2,1-2H3,(H,22,24)/b9-7+. The van der Waals surface area contributed by atoms with Crippen LogP contribution in [0.1, 0.15) is 12.0 Å². The van der Waals surface area contributed by atoms with Crippen LogP contribution in [-0.4, -0.2) is 44.2 Å². The molecule has 1 atom stereocenters. The highest BCUT2D eigenvalue weighted by Gasteiger charge is 2.23. The predicted octanol–water partition coefficient (Wildman–Crippen LogP) is 2.51. The number of ether oxygens (including phenoxy) is 2. The van der Waals surface area contributed by atoms with E-state index in [1.54, 1.807) is 32.6 Å². The van der Waals surface area contributed by atoms with Gasteiger partial charge < -0.3 is 19.7 Å². The monoisotopic (exact) mass is 353 g/mol. The number of carbonyl (C=O) groups is 1. The summed E-state index contributed by atoms with van der Waals surface area (Å²) in [5, 5.41) is 3.05. The fourth-order valence-electron chi connectivity index (χ4n) is 3.00. The largest absolute Gasteiger partial charge is 0.493 e. The zero-order valence-electron chi connectivity index (χ0n) is 15.0. The van der Waals surface area contributed by atoms with Gasteiger partial charge in [-0.05, 0) is 42.3 Å². The lowest BCUT2D eigenvalue weighted by molar-refractivity contribution is -0.117. The molecule has 0 saturated carbocycles. The van der Waals surface area contributed by atoms with E-state index in [1.807, 2.05) is 36.4 Å². The van der Waals surface area contributed by atoms with Crippen molar-refractivity contribution in [2.45, 2.75) is 12.5 Å². The molecule has 6 nitrogen and oxygen atoms in total. The zero-order valence-corrected chi connectivity index (χ0v) is 15.0. The lowest BCUT2D eigenvalue weighted by Crippen LogP contribution is -2.36. The molecule has 0 radical (unpaired) electrons. The molecule has 6 heteroatoms. The molecular formula is C20H23N3O3. The first-order chi connectivity index (χ1) is 12.7. The first-order valence-corrected chi connectivity index (χ1v) is 8.56. The molecular weight excluding hydrogens is 330 g/mol. The number of aromatic nitrogens is 1. The molecule has 0 spiro atoms. The molecule has 1 amide bonds. The highest BCUT2D eigenvalue weighted by Crippen LogP contribution is 2.28. The minimum atomic E-state index is -0.104. The molecule has 136 valence electrons. The van der Waals surface area contributed by atoms with Gasteiger partial charge in [0.15, 0.2) is 11.5 Å². The number of nitrogens with one attached hydrogen (secondary N) is 1. The Kier molecular flexibility index (Phi) is 5.73. The third kappa shape index (κ3) is 4.33. The van der Waals surface area contributed by atoms with Crippen LogP contribution in [0.2, 0.25) is 0 Å². The van der Waals surface area contributed by atoms with Gasteiger partial charge in [-0.25, -0.2) is 4.98 Å². The Morgan fingerprint density at radius 3 is 2.81 bits per heavy atom. The summed E-state index contributed by atoms with van der Waals surface area (Å²) in [6, 6.07) is 11.5. The second kappa shape index (κ2) is 8.38. The minimum absolute atomic E-state index is 0.104. The van der Waals surface area contributed by atoms with E-state index < -0.39 is 0 Å². The Labute approximate surface area is 153 Å². The zero-order chi connectivity index (χ0) is 18.4. The molecule has 1 aromatic carbocycles. The molecule has 26 heavy (non-hydrogen) atoms. The average Bonchev–Trinajstić information content (AvgIpc) is 3.15. The van der Waals surface area contributed by atoms with Gasteiger partial charge in [-0.1, -0.05) is 12.1 Å². The van der Waals surface area contributed by atoms with Crippen LogP contribution in [0.25, 0.3) is 6.08 Å². The summed E-state index contributed by atoms with van der Waals surface area (Å²) < 4.78 is 10.5. The Balaban J connectivity index is 1.55. The van der Waals surface area contributed by atoms with Gasteiger partial charge in [-0.3, -0.25) is 4.79 Å². The van der Waals surface area contributed by atoms with E-state index in [4.69, 9.17) is 9.47 Å². The second-order valence-corrected chi connectivity index (χ2v) is 6.08. The summed E-state index contributed by atoms with van der Waals surface area (Å²) in [5.41, 5.74) is 0.874. The summed E-state index contributed by atoms with van der Waals surface area (Å²) >= 11 is 0. The maximum Gasteiger partial charge on any atom is 0.244 e. The van der Waals surface area contributed by atoms with Crippen molar-refractivity contribution in [2.24, 2.45) is 0 Å². The maximum atomic E-state index is 12.2. The van der Waals surface area contributed by atoms with Gasteiger partial charge in [0.05, 0.1) is 14.2 Å². The average molecular weight is 353 g/mol. The van der Waals surface area contributed by atoms with Crippen molar-refractivity contribution in [1.29, 1.82) is 0 Å². The van der Waals surface area contributed by atoms with Crippen LogP contribution in [-0.2, 0) is 4.79 Å². The molecule has 0 bridgehead atoms. The third-order valence-electron chi connectivity index (χ3n) is 4.34. The third-order valence-corrected chi connectivity index (χ3v) is 4.34. The van der Waals surface area contributed by atoms with Gasteiger partial charge in [-0.15, -0.1) is 0 Å². The van der Waals surface area contributed by atoms with Crippen LogP contribution in [0.5, 0.6) is 11.5 Å². The van der Waals surface area contributed by atoms with E-state index >= 15 is 0 Å². The highest BCUT2D eigenvalue weighted by atomic mass is 16.5. The molecule has 1 aliphatic rings. The van der Waals surface area contributed by atoms with E-state index in [1.165, 1.54) is 0 Å². The summed E-state index contributed by atoms with van der Waals surface area (Å²) in [6.07, 6.45) is 6.01. The number of rotatable bonds is 6. The summed E-state index contributed by atoms with van der Waals surface area (Å²) in [5.74, 6) is 2.14. The number of carbonyl (C=O) groups excluding carboxylic acids is 1. The van der Waals surface area contributed by atoms with Crippen LogP contribution < -0.4 is 19.7 Å². The summed E-state index contributed by atoms with van der Waals surface area (Å²) in [4.78, 5) is 18.7. The van der Waals surface area contributed by atoms with Gasteiger partial charge in [0.1, 0.15) is 5.82 Å². The van der Waals surface area contributed by atoms with Crippen LogP contribution in [0.15, 0.2) is 48.7 Å². The van der Waals surface area contributed by atoms with Crippen LogP contribution >= 0.6 is 0 Å². The minimum Gasteiger partial charge on any atom is -0.493 e. The molecule has 1 aliphatic heterocycles. The molecule has 1 N–H and O–H groups in total. The first kappa shape index (κ1) is 17.8. The van der Waals surface area contributed by atoms with Gasteiger partial charge in [0.2, 0.25) is 5.91 Å². The number of amides is 1. The van der Waals surface area contributed by atoms with Gasteiger partial charge >= 0.3 is 0 Å². The van der Waals surface area contributed by atoms with Crippen molar-refractivity contribution in [3.8, 4) is 11.5 Å². The van der Waals surface area contributed by atoms with Crippen LogP contribution in [0.3, 0.4) is 0 Å². The maximum absolute atomic E-state index is 12.2. The van der Waals surface area contributed by atoms with Crippen LogP contribution in [0, 0.1) is 0 Å². The number of hydrogen-bond donors (Lipinski definition) is 1. The van der Waals surface area contributed by atoms with Gasteiger partial charge in [0, 0.05) is 31.4 Å². The molecule has 3 rings (SSSR count). The Morgan fingerprint density at radius 1 is 1.23 bits per heavy atom. The van der Waals surface area contributed by atoms with E-state index in [-0.39, 0.29) is 11.9 Å². The fourth-order valence-corrected chi connectivity index (χ4v) is 3.00. The topological polar surface area (TPSA) is 63.7 Å². The predicted molar refractivity (Wildman–Crippen MR) is 102 cm³/mol. The number of hydrogen-bond acceptors (Lipinski definition) is 5. The SMILES string of the molecule is COc1ccc(/C=C/C(=O)NC2CCN(c3ccccn3)C2)cc1OC. The normalized spacial score (nSPS) is 16.7. The molecule has 2 heterocycles. The van der Waals surface area contributed by atoms with Crippen molar-refractivity contribution in [3.05, 3.63) is 54.2 Å². The van der Waals surface area contributed by atoms with Crippen molar-refractivity contribution in [2.75, 3.05) is 32.2 Å². The molecule has 1 saturated heterocycles. The summed E-state index contributed by atoms with van der Waals surface area (Å²) in [7, 11) is 3.18. The molecule has 1 fully saturated rings. The lowest BCUT2D eigenvalue weighted by Gasteiger charge is -2.17. The Bertz CT molecular complexity index is 777. The number of methoxy groups -OCH3 is 2. The second-order valence-electron chi connectivity index (χ2n) is 6.08. The van der Waals surface area contributed by atoms with Crippen molar-refractivity contribution in [1.82, 2.24) is 10.3 Å². The fraction of sp³-hybridized carbons (Fsp3) is 0.300. The van der Waals surface area contributed by atoms with Gasteiger partial charge in [0.25, 0.3) is 0 Å². The van der Waals surface area contributed by atoms with Crippen molar-refractivity contribution < 1.29 is 14.3 Å². The van der Waals surface area contributed by atoms with E-state index in [0.29, 0.717) is 11.5 Å². The number of pyridine rings is 1. The highest BCUT2D eigenvalue weighted by molar-refractivity contribution is 5.92. The van der Waals surface area contributed by atoms with Crippen molar-refractivity contribution in [3.63, 3.8) is 0 Å². The van der Waals surface area contributed by atoms with Crippen LogP contribution in [0.4, 0.5) is 5.82 Å². The van der Waals surface area contributed by atoms with E-state index in [0.717, 1.165) is 30.9 Å². The Hall–Kier alpha value is -3.02. The van der Waals surface area contributed by atoms with Crippen molar-refractivity contribution >= 4 is 17.8 Å².